The molecule has 15 nitrogen and oxygen atoms in total. The first-order valence-corrected chi connectivity index (χ1v) is 19.1. The van der Waals surface area contributed by atoms with Crippen LogP contribution in [0.2, 0.25) is 0 Å². The molecule has 3 heterocycles. The van der Waals surface area contributed by atoms with Crippen LogP contribution < -0.4 is 6.15 Å². The summed E-state index contributed by atoms with van der Waals surface area (Å²) >= 11 is 0. The Morgan fingerprint density at radius 1 is 0.943 bits per heavy atom. The standard InChI is InChI=1S/C38H72N2O12.H3N/c1-15-27-38(10,46)31(42)24(6)40(13)19-20(2)17-36(8,45)33(52-35-29(41)26(39(11)12)16-21(3)48-35)22(4)30(23(5)34(44)50-27)51-28-18-37(9,47-14)32(43)25(7)49-28;/h20-33,35,41-43,45-46H,15-19H2,1-14H3;1H3/t20-,21-,22+,23-,24-,25+,26+,27-,28+,29-,30+,31-,32+,33-,35+,36-,37-,38-;/m1./s1. The number of ether oxygens (including phenoxy) is 6. The van der Waals surface area contributed by atoms with Gasteiger partial charge in [0.2, 0.25) is 0 Å². The van der Waals surface area contributed by atoms with Crippen molar-refractivity contribution in [2.75, 3.05) is 34.8 Å². The van der Waals surface area contributed by atoms with Crippen molar-refractivity contribution in [1.29, 1.82) is 0 Å². The minimum atomic E-state index is -1.80. The van der Waals surface area contributed by atoms with E-state index in [0.717, 1.165) is 0 Å². The molecule has 0 bridgehead atoms. The summed E-state index contributed by atoms with van der Waals surface area (Å²) in [6.07, 6.45) is -8.19. The van der Waals surface area contributed by atoms with Crippen molar-refractivity contribution in [3.05, 3.63) is 0 Å². The van der Waals surface area contributed by atoms with Crippen molar-refractivity contribution in [3.63, 3.8) is 0 Å². The van der Waals surface area contributed by atoms with E-state index in [1.165, 1.54) is 14.0 Å². The zero-order chi connectivity index (χ0) is 39.7. The maximum absolute atomic E-state index is 14.2. The lowest BCUT2D eigenvalue weighted by Crippen LogP contribution is -2.60. The van der Waals surface area contributed by atoms with Crippen molar-refractivity contribution in [2.24, 2.45) is 17.8 Å². The van der Waals surface area contributed by atoms with Crippen molar-refractivity contribution in [2.45, 2.75) is 185 Å². The van der Waals surface area contributed by atoms with Gasteiger partial charge in [0.1, 0.15) is 30.0 Å². The molecule has 314 valence electrons. The number of carbonyl (C=O) groups excluding carboxylic acids is 1. The number of nitrogens with zero attached hydrogens (tertiary/aromatic N) is 2. The van der Waals surface area contributed by atoms with Crippen LogP contribution >= 0.6 is 0 Å². The highest BCUT2D eigenvalue weighted by atomic mass is 16.7. The van der Waals surface area contributed by atoms with Crippen molar-refractivity contribution in [1.82, 2.24) is 16.0 Å². The Bertz CT molecular complexity index is 1150. The first kappa shape index (κ1) is 48.1. The van der Waals surface area contributed by atoms with Crippen LogP contribution in [0.4, 0.5) is 0 Å². The monoisotopic (exact) mass is 766 g/mol. The van der Waals surface area contributed by atoms with Gasteiger partial charge < -0.3 is 69.9 Å². The van der Waals surface area contributed by atoms with Crippen molar-refractivity contribution < 1.29 is 58.7 Å². The van der Waals surface area contributed by atoms with Gasteiger partial charge in [0, 0.05) is 38.1 Å². The van der Waals surface area contributed by atoms with Gasteiger partial charge in [-0.3, -0.25) is 4.79 Å². The molecule has 0 spiro atoms. The summed E-state index contributed by atoms with van der Waals surface area (Å²) in [5.74, 6) is -2.58. The molecule has 15 heteroatoms. The number of aliphatic hydroxyl groups excluding tert-OH is 3. The van der Waals surface area contributed by atoms with Gasteiger partial charge in [-0.25, -0.2) is 0 Å². The predicted molar refractivity (Wildman–Crippen MR) is 199 cm³/mol. The third-order valence-corrected chi connectivity index (χ3v) is 12.2. The van der Waals surface area contributed by atoms with Crippen molar-refractivity contribution in [3.8, 4) is 0 Å². The summed E-state index contributed by atoms with van der Waals surface area (Å²) in [4.78, 5) is 18.0. The van der Waals surface area contributed by atoms with E-state index >= 15 is 0 Å². The van der Waals surface area contributed by atoms with Gasteiger partial charge in [-0.05, 0) is 94.8 Å². The molecule has 0 aromatic rings. The van der Waals surface area contributed by atoms with E-state index in [2.05, 4.69) is 0 Å². The molecule has 18 atom stereocenters. The SMILES string of the molecule is CC[C@H]1OC(=O)[C@H](C)[C@@H](O[C@H]2C[C@@](C)(OC)[C@@H](O)[C@H](C)O2)[C@H](C)[C@@H](O[C@@H]2O[C@H](C)C[C@H](N(C)C)[C@H]2O)[C@](C)(O)C[C@@H](C)CN(C)[C@H](C)[C@@H](O)[C@]1(C)O.N. The van der Waals surface area contributed by atoms with Crippen LogP contribution in [0, 0.1) is 17.8 Å². The van der Waals surface area contributed by atoms with Crippen LogP contribution in [0.5, 0.6) is 0 Å². The minimum Gasteiger partial charge on any atom is -0.459 e. The second-order valence-corrected chi connectivity index (χ2v) is 17.2. The van der Waals surface area contributed by atoms with Crippen LogP contribution in [0.1, 0.15) is 94.9 Å². The molecular weight excluding hydrogens is 690 g/mol. The highest BCUT2D eigenvalue weighted by Crippen LogP contribution is 2.40. The van der Waals surface area contributed by atoms with Gasteiger partial charge in [-0.1, -0.05) is 20.8 Å². The third kappa shape index (κ3) is 10.9. The second kappa shape index (κ2) is 18.9. The highest BCUT2D eigenvalue weighted by molar-refractivity contribution is 5.73. The van der Waals surface area contributed by atoms with E-state index in [1.54, 1.807) is 41.5 Å². The lowest BCUT2D eigenvalue weighted by molar-refractivity contribution is -0.318. The number of esters is 1. The van der Waals surface area contributed by atoms with Crippen LogP contribution in [-0.4, -0.2) is 166 Å². The minimum absolute atomic E-state index is 0. The zero-order valence-corrected chi connectivity index (χ0v) is 34.9. The molecule has 3 aliphatic rings. The molecule has 0 unspecified atom stereocenters. The summed E-state index contributed by atoms with van der Waals surface area (Å²) in [6, 6.07) is -0.808. The molecule has 0 aromatic heterocycles. The Hall–Kier alpha value is -1.05. The molecule has 3 aliphatic heterocycles. The van der Waals surface area contributed by atoms with Crippen molar-refractivity contribution >= 4 is 5.97 Å². The van der Waals surface area contributed by atoms with E-state index in [1.807, 2.05) is 51.7 Å². The predicted octanol–water partition coefficient (Wildman–Crippen LogP) is 2.06. The van der Waals surface area contributed by atoms with Crippen LogP contribution in [0.25, 0.3) is 0 Å². The van der Waals surface area contributed by atoms with Gasteiger partial charge in [0.25, 0.3) is 0 Å². The molecule has 0 radical (unpaired) electrons. The van der Waals surface area contributed by atoms with Crippen LogP contribution in [-0.2, 0) is 33.2 Å². The van der Waals surface area contributed by atoms with Crippen LogP contribution in [0.15, 0.2) is 0 Å². The second-order valence-electron chi connectivity index (χ2n) is 17.2. The normalized spacial score (nSPS) is 48.7. The molecule has 0 aliphatic carbocycles. The Kier molecular flexibility index (Phi) is 17.2. The fourth-order valence-corrected chi connectivity index (χ4v) is 8.74. The number of hydrogen-bond acceptors (Lipinski definition) is 15. The van der Waals surface area contributed by atoms with E-state index in [-0.39, 0.29) is 43.5 Å². The summed E-state index contributed by atoms with van der Waals surface area (Å²) in [6.45, 7) is 18.0. The Balaban J connectivity index is 0.00000972. The maximum Gasteiger partial charge on any atom is 0.311 e. The summed E-state index contributed by atoms with van der Waals surface area (Å²) in [7, 11) is 7.12. The first-order chi connectivity index (χ1) is 23.9. The fraction of sp³-hybridized carbons (Fsp3) is 0.974. The number of carbonyl (C=O) groups is 1. The largest absolute Gasteiger partial charge is 0.459 e. The Morgan fingerprint density at radius 3 is 2.09 bits per heavy atom. The topological polar surface area (TPSA) is 215 Å². The first-order valence-electron chi connectivity index (χ1n) is 19.1. The molecule has 8 N–H and O–H groups in total. The highest BCUT2D eigenvalue weighted by Gasteiger charge is 2.52. The zero-order valence-electron chi connectivity index (χ0n) is 34.9. The quantitative estimate of drug-likeness (QED) is 0.205. The summed E-state index contributed by atoms with van der Waals surface area (Å²) in [5.41, 5.74) is -4.37. The van der Waals surface area contributed by atoms with E-state index in [4.69, 9.17) is 28.4 Å². The molecule has 3 fully saturated rings. The Labute approximate surface area is 318 Å². The number of rotatable bonds is 7. The van der Waals surface area contributed by atoms with Gasteiger partial charge in [-0.2, -0.15) is 0 Å². The third-order valence-electron chi connectivity index (χ3n) is 12.2. The van der Waals surface area contributed by atoms with Gasteiger partial charge >= 0.3 is 5.97 Å². The van der Waals surface area contributed by atoms with E-state index < -0.39 is 96.0 Å². The molecule has 3 rings (SSSR count). The molecule has 0 saturated carbocycles. The lowest BCUT2D eigenvalue weighted by Gasteiger charge is -2.48. The fourth-order valence-electron chi connectivity index (χ4n) is 8.74. The molecule has 0 amide bonds. The number of cyclic esters (lactones) is 1. The number of hydrogen-bond donors (Lipinski definition) is 6. The summed E-state index contributed by atoms with van der Waals surface area (Å²) in [5, 5.41) is 58.1. The molecule has 0 aromatic carbocycles. The maximum atomic E-state index is 14.2. The lowest BCUT2D eigenvalue weighted by atomic mass is 9.77. The number of likely N-dealkylation sites (N-methyl/N-ethyl adjacent to an activating group) is 2. The number of aliphatic hydroxyl groups is 5. The summed E-state index contributed by atoms with van der Waals surface area (Å²) < 4.78 is 37.5. The van der Waals surface area contributed by atoms with E-state index in [9.17, 15) is 30.3 Å². The van der Waals surface area contributed by atoms with Crippen LogP contribution in [0.3, 0.4) is 0 Å². The smallest absolute Gasteiger partial charge is 0.311 e. The molecule has 3 saturated heterocycles. The molecular formula is C38H75N3O12. The van der Waals surface area contributed by atoms with Gasteiger partial charge in [0.05, 0.1) is 41.5 Å². The molecule has 53 heavy (non-hydrogen) atoms. The van der Waals surface area contributed by atoms with E-state index in [0.29, 0.717) is 13.0 Å². The average Bonchev–Trinajstić information content (AvgIpc) is 3.05. The number of methoxy groups -OCH3 is 1. The average molecular weight is 766 g/mol. The van der Waals surface area contributed by atoms with Gasteiger partial charge in [0.15, 0.2) is 12.6 Å². The van der Waals surface area contributed by atoms with Gasteiger partial charge in [-0.15, -0.1) is 0 Å². The Morgan fingerprint density at radius 2 is 1.55 bits per heavy atom.